The van der Waals surface area contributed by atoms with E-state index in [4.69, 9.17) is 0 Å². The van der Waals surface area contributed by atoms with Gasteiger partial charge in [0.15, 0.2) is 0 Å². The number of esters is 1. The molecule has 82 valence electrons. The van der Waals surface area contributed by atoms with E-state index in [1.807, 2.05) is 0 Å². The number of aromatic nitrogens is 1. The van der Waals surface area contributed by atoms with Crippen LogP contribution in [0.15, 0.2) is 6.07 Å². The predicted octanol–water partition coefficient (Wildman–Crippen LogP) is 2.25. The number of methoxy groups -OCH3 is 1. The van der Waals surface area contributed by atoms with Crippen LogP contribution in [0.1, 0.15) is 28.0 Å². The fraction of sp³-hybridized carbons (Fsp3) is 0.333. The van der Waals surface area contributed by atoms with Crippen molar-refractivity contribution in [2.24, 2.45) is 0 Å². The Kier molecular flexibility index (Phi) is 3.28. The van der Waals surface area contributed by atoms with Crippen molar-refractivity contribution in [2.75, 3.05) is 7.11 Å². The van der Waals surface area contributed by atoms with Crippen LogP contribution in [0.5, 0.6) is 0 Å². The number of nitrogens with zero attached hydrogens (tertiary/aromatic N) is 1. The van der Waals surface area contributed by atoms with E-state index in [1.165, 1.54) is 6.92 Å². The molecule has 15 heavy (non-hydrogen) atoms. The SMILES string of the molecule is COC(=O)c1cc(F)nc(C(F)F)c1C. The molecule has 6 heteroatoms. The van der Waals surface area contributed by atoms with Gasteiger partial charge in [-0.05, 0) is 12.5 Å². The summed E-state index contributed by atoms with van der Waals surface area (Å²) in [5.41, 5.74) is -1.05. The van der Waals surface area contributed by atoms with Crippen molar-refractivity contribution in [3.8, 4) is 0 Å². The molecule has 0 aromatic carbocycles. The number of pyridine rings is 1. The van der Waals surface area contributed by atoms with Crippen LogP contribution in [0.2, 0.25) is 0 Å². The average molecular weight is 219 g/mol. The normalized spacial score (nSPS) is 10.5. The minimum atomic E-state index is -2.93. The van der Waals surface area contributed by atoms with Crippen molar-refractivity contribution in [2.45, 2.75) is 13.3 Å². The van der Waals surface area contributed by atoms with Gasteiger partial charge < -0.3 is 4.74 Å². The van der Waals surface area contributed by atoms with E-state index in [0.717, 1.165) is 13.2 Å². The molecule has 0 radical (unpaired) electrons. The second kappa shape index (κ2) is 4.29. The van der Waals surface area contributed by atoms with Crippen LogP contribution >= 0.6 is 0 Å². The second-order valence-electron chi connectivity index (χ2n) is 2.80. The van der Waals surface area contributed by atoms with Crippen LogP contribution in [-0.2, 0) is 4.74 Å². The van der Waals surface area contributed by atoms with Gasteiger partial charge in [0.25, 0.3) is 6.43 Å². The molecule has 0 aliphatic carbocycles. The van der Waals surface area contributed by atoms with Crippen LogP contribution in [0.3, 0.4) is 0 Å². The minimum absolute atomic E-state index is 0.0711. The quantitative estimate of drug-likeness (QED) is 0.565. The van der Waals surface area contributed by atoms with E-state index < -0.39 is 24.0 Å². The number of halogens is 3. The predicted molar refractivity (Wildman–Crippen MR) is 45.2 cm³/mol. The Bertz CT molecular complexity index is 393. The van der Waals surface area contributed by atoms with Crippen LogP contribution in [0, 0.1) is 12.9 Å². The van der Waals surface area contributed by atoms with Crippen molar-refractivity contribution in [1.29, 1.82) is 0 Å². The van der Waals surface area contributed by atoms with Crippen molar-refractivity contribution in [3.63, 3.8) is 0 Å². The fourth-order valence-corrected chi connectivity index (χ4v) is 1.13. The van der Waals surface area contributed by atoms with Gasteiger partial charge >= 0.3 is 5.97 Å². The van der Waals surface area contributed by atoms with Crippen LogP contribution in [0.4, 0.5) is 13.2 Å². The lowest BCUT2D eigenvalue weighted by Crippen LogP contribution is -2.09. The van der Waals surface area contributed by atoms with E-state index in [1.54, 1.807) is 0 Å². The van der Waals surface area contributed by atoms with E-state index in [2.05, 4.69) is 9.72 Å². The highest BCUT2D eigenvalue weighted by Gasteiger charge is 2.20. The Labute approximate surface area is 83.9 Å². The molecule has 0 amide bonds. The van der Waals surface area contributed by atoms with Gasteiger partial charge in [-0.2, -0.15) is 4.39 Å². The number of alkyl halides is 2. The van der Waals surface area contributed by atoms with Gasteiger partial charge in [0.2, 0.25) is 5.95 Å². The summed E-state index contributed by atoms with van der Waals surface area (Å²) >= 11 is 0. The summed E-state index contributed by atoms with van der Waals surface area (Å²) in [4.78, 5) is 14.1. The number of carbonyl (C=O) groups excluding carboxylic acids is 1. The third kappa shape index (κ3) is 2.26. The Balaban J connectivity index is 3.34. The van der Waals surface area contributed by atoms with Crippen molar-refractivity contribution >= 4 is 5.97 Å². The van der Waals surface area contributed by atoms with Crippen LogP contribution in [-0.4, -0.2) is 18.1 Å². The molecule has 3 nitrogen and oxygen atoms in total. The highest BCUT2D eigenvalue weighted by Crippen LogP contribution is 2.23. The highest BCUT2D eigenvalue weighted by molar-refractivity contribution is 5.91. The topological polar surface area (TPSA) is 39.2 Å². The molecule has 0 atom stereocenters. The molecule has 0 N–H and O–H groups in total. The van der Waals surface area contributed by atoms with E-state index in [-0.39, 0.29) is 11.1 Å². The average Bonchev–Trinajstić information content (AvgIpc) is 2.19. The Hall–Kier alpha value is -1.59. The summed E-state index contributed by atoms with van der Waals surface area (Å²) in [5.74, 6) is -1.99. The van der Waals surface area contributed by atoms with E-state index >= 15 is 0 Å². The summed E-state index contributed by atoms with van der Waals surface area (Å²) < 4.78 is 41.9. The number of hydrogen-bond donors (Lipinski definition) is 0. The van der Waals surface area contributed by atoms with Crippen molar-refractivity contribution in [3.05, 3.63) is 28.8 Å². The summed E-state index contributed by atoms with van der Waals surface area (Å²) in [6, 6.07) is 0.771. The standard InChI is InChI=1S/C9H8F3NO2/c1-4-5(9(14)15-2)3-6(10)13-7(4)8(11)12/h3,8H,1-2H3. The van der Waals surface area contributed by atoms with Gasteiger partial charge in [0, 0.05) is 6.07 Å². The Morgan fingerprint density at radius 1 is 1.53 bits per heavy atom. The van der Waals surface area contributed by atoms with Crippen LogP contribution < -0.4 is 0 Å². The van der Waals surface area contributed by atoms with Gasteiger partial charge in [-0.3, -0.25) is 0 Å². The lowest BCUT2D eigenvalue weighted by atomic mass is 10.1. The Morgan fingerprint density at radius 3 is 2.60 bits per heavy atom. The number of carbonyl (C=O) groups is 1. The first-order valence-electron chi connectivity index (χ1n) is 4.01. The van der Waals surface area contributed by atoms with Gasteiger partial charge in [0.1, 0.15) is 5.69 Å². The summed E-state index contributed by atoms with van der Waals surface area (Å²) in [6.07, 6.45) is -2.93. The molecule has 0 saturated heterocycles. The molecule has 0 bridgehead atoms. The maximum atomic E-state index is 12.8. The molecule has 1 aromatic rings. The molecule has 1 rings (SSSR count). The molecule has 0 unspecified atom stereocenters. The molecule has 0 saturated carbocycles. The number of hydrogen-bond acceptors (Lipinski definition) is 3. The molecule has 0 spiro atoms. The molecular formula is C9H8F3NO2. The van der Waals surface area contributed by atoms with Crippen molar-refractivity contribution < 1.29 is 22.7 Å². The summed E-state index contributed by atoms with van der Waals surface area (Å²) in [5, 5.41) is 0. The first kappa shape index (κ1) is 11.5. The third-order valence-electron chi connectivity index (χ3n) is 1.89. The van der Waals surface area contributed by atoms with Gasteiger partial charge in [-0.25, -0.2) is 18.6 Å². The van der Waals surface area contributed by atoms with Gasteiger partial charge in [-0.1, -0.05) is 0 Å². The zero-order valence-corrected chi connectivity index (χ0v) is 8.05. The minimum Gasteiger partial charge on any atom is -0.465 e. The number of rotatable bonds is 2. The lowest BCUT2D eigenvalue weighted by Gasteiger charge is -2.08. The monoisotopic (exact) mass is 219 g/mol. The number of ether oxygens (including phenoxy) is 1. The fourth-order valence-electron chi connectivity index (χ4n) is 1.13. The zero-order valence-electron chi connectivity index (χ0n) is 8.05. The molecule has 0 fully saturated rings. The Morgan fingerprint density at radius 2 is 2.13 bits per heavy atom. The maximum Gasteiger partial charge on any atom is 0.338 e. The summed E-state index contributed by atoms with van der Waals surface area (Å²) in [6.45, 7) is 1.26. The molecule has 0 aliphatic heterocycles. The largest absolute Gasteiger partial charge is 0.465 e. The zero-order chi connectivity index (χ0) is 11.6. The second-order valence-corrected chi connectivity index (χ2v) is 2.80. The third-order valence-corrected chi connectivity index (χ3v) is 1.89. The lowest BCUT2D eigenvalue weighted by molar-refractivity contribution is 0.0598. The molecule has 1 aromatic heterocycles. The first-order valence-corrected chi connectivity index (χ1v) is 4.01. The summed E-state index contributed by atoms with van der Waals surface area (Å²) in [7, 11) is 1.09. The smallest absolute Gasteiger partial charge is 0.338 e. The van der Waals surface area contributed by atoms with Crippen LogP contribution in [0.25, 0.3) is 0 Å². The van der Waals surface area contributed by atoms with E-state index in [0.29, 0.717) is 0 Å². The molecular weight excluding hydrogens is 211 g/mol. The maximum absolute atomic E-state index is 12.8. The van der Waals surface area contributed by atoms with Gasteiger partial charge in [0.05, 0.1) is 12.7 Å². The van der Waals surface area contributed by atoms with Gasteiger partial charge in [-0.15, -0.1) is 0 Å². The molecule has 0 aliphatic rings. The first-order chi connectivity index (χ1) is 6.97. The highest BCUT2D eigenvalue weighted by atomic mass is 19.3. The molecule has 1 heterocycles. The van der Waals surface area contributed by atoms with E-state index in [9.17, 15) is 18.0 Å². The van der Waals surface area contributed by atoms with Crippen molar-refractivity contribution in [1.82, 2.24) is 4.98 Å².